The molecule has 0 heterocycles. The first-order valence-electron chi connectivity index (χ1n) is 18.7. The fraction of sp³-hybridized carbons (Fsp3) is 0.0769. The highest BCUT2D eigenvalue weighted by atomic mass is 79.9. The van der Waals surface area contributed by atoms with Crippen molar-refractivity contribution in [2.45, 2.75) is 24.7 Å². The third-order valence-corrected chi connectivity index (χ3v) is 12.5. The summed E-state index contributed by atoms with van der Waals surface area (Å²) in [5.41, 5.74) is 17.9. The molecule has 0 aliphatic heterocycles. The van der Waals surface area contributed by atoms with Crippen molar-refractivity contribution in [2.75, 3.05) is 4.90 Å². The summed E-state index contributed by atoms with van der Waals surface area (Å²) in [6.45, 7) is 4.73. The van der Waals surface area contributed by atoms with Crippen molar-refractivity contribution in [1.82, 2.24) is 0 Å². The van der Waals surface area contributed by atoms with Crippen LogP contribution in [0.25, 0.3) is 33.4 Å². The van der Waals surface area contributed by atoms with Crippen LogP contribution in [0.4, 0.5) is 17.1 Å². The molecule has 258 valence electrons. The van der Waals surface area contributed by atoms with Gasteiger partial charge in [0.1, 0.15) is 0 Å². The zero-order chi connectivity index (χ0) is 36.4. The van der Waals surface area contributed by atoms with Gasteiger partial charge >= 0.3 is 0 Å². The van der Waals surface area contributed by atoms with Crippen LogP contribution in [-0.2, 0) is 10.8 Å². The van der Waals surface area contributed by atoms with E-state index in [1.165, 1.54) is 66.8 Å². The second-order valence-corrected chi connectivity index (χ2v) is 15.8. The Bertz CT molecular complexity index is 2680. The highest BCUT2D eigenvalue weighted by molar-refractivity contribution is 9.10. The molecule has 8 aromatic carbocycles. The molecule has 54 heavy (non-hydrogen) atoms. The SMILES string of the molecule is CC1(C)c2ccccc2-c2ccc(N(c3ccccc3-c3ccccc3)c3ccccc3C3(c4ccccc4Br)c4ccccc4-c4ccccc43)cc21. The van der Waals surface area contributed by atoms with Crippen LogP contribution in [0, 0.1) is 0 Å². The van der Waals surface area contributed by atoms with Gasteiger partial charge in [0.25, 0.3) is 0 Å². The first-order chi connectivity index (χ1) is 26.5. The van der Waals surface area contributed by atoms with Crippen LogP contribution in [0.2, 0.25) is 0 Å². The van der Waals surface area contributed by atoms with Crippen LogP contribution in [0.5, 0.6) is 0 Å². The Kier molecular flexibility index (Phi) is 7.61. The third-order valence-electron chi connectivity index (χ3n) is 11.8. The minimum Gasteiger partial charge on any atom is -0.310 e. The zero-order valence-corrected chi connectivity index (χ0v) is 31.9. The van der Waals surface area contributed by atoms with Crippen LogP contribution in [-0.4, -0.2) is 0 Å². The van der Waals surface area contributed by atoms with E-state index in [0.29, 0.717) is 0 Å². The minimum absolute atomic E-state index is 0.147. The largest absolute Gasteiger partial charge is 0.310 e. The van der Waals surface area contributed by atoms with Gasteiger partial charge in [-0.05, 0) is 91.5 Å². The normalized spacial score (nSPS) is 14.1. The summed E-state index contributed by atoms with van der Waals surface area (Å²) in [4.78, 5) is 2.53. The lowest BCUT2D eigenvalue weighted by Crippen LogP contribution is -2.31. The van der Waals surface area contributed by atoms with Gasteiger partial charge < -0.3 is 4.90 Å². The van der Waals surface area contributed by atoms with Crippen molar-refractivity contribution in [3.05, 3.63) is 232 Å². The molecule has 1 nitrogen and oxygen atoms in total. The van der Waals surface area contributed by atoms with Gasteiger partial charge in [-0.3, -0.25) is 0 Å². The predicted molar refractivity (Wildman–Crippen MR) is 229 cm³/mol. The molecule has 0 radical (unpaired) electrons. The van der Waals surface area contributed by atoms with E-state index in [0.717, 1.165) is 21.5 Å². The molecular formula is C52H38BrN. The van der Waals surface area contributed by atoms with Gasteiger partial charge in [0.05, 0.1) is 16.8 Å². The summed E-state index contributed by atoms with van der Waals surface area (Å²) in [6, 6.07) is 71.6. The lowest BCUT2D eigenvalue weighted by Gasteiger charge is -2.39. The molecule has 0 spiro atoms. The highest BCUT2D eigenvalue weighted by Crippen LogP contribution is 2.60. The van der Waals surface area contributed by atoms with Gasteiger partial charge in [0.2, 0.25) is 0 Å². The average Bonchev–Trinajstić information content (AvgIpc) is 3.65. The molecule has 10 rings (SSSR count). The molecule has 2 aliphatic carbocycles. The number of anilines is 3. The van der Waals surface area contributed by atoms with Gasteiger partial charge in [-0.1, -0.05) is 194 Å². The summed E-state index contributed by atoms with van der Waals surface area (Å²) in [5, 5.41) is 0. The van der Waals surface area contributed by atoms with E-state index < -0.39 is 5.41 Å². The predicted octanol–water partition coefficient (Wildman–Crippen LogP) is 14.3. The molecule has 0 unspecified atom stereocenters. The number of rotatable bonds is 6. The van der Waals surface area contributed by atoms with Crippen molar-refractivity contribution < 1.29 is 0 Å². The number of fused-ring (bicyclic) bond motifs is 6. The van der Waals surface area contributed by atoms with Gasteiger partial charge in [0, 0.05) is 21.1 Å². The maximum absolute atomic E-state index is 4.08. The molecular weight excluding hydrogens is 718 g/mol. The van der Waals surface area contributed by atoms with E-state index in [2.05, 4.69) is 229 Å². The molecule has 2 heteroatoms. The molecule has 0 atom stereocenters. The first-order valence-corrected chi connectivity index (χ1v) is 19.5. The summed E-state index contributed by atoms with van der Waals surface area (Å²) >= 11 is 4.08. The van der Waals surface area contributed by atoms with E-state index in [4.69, 9.17) is 0 Å². The first kappa shape index (κ1) is 32.7. The van der Waals surface area contributed by atoms with E-state index in [1.54, 1.807) is 0 Å². The van der Waals surface area contributed by atoms with Crippen molar-refractivity contribution in [3.63, 3.8) is 0 Å². The standard InChI is InChI=1S/C52H38BrN/c1-51(2)42-24-10-6-21-38(42)41-33-32-36(34-47(41)51)54(49-30-16-9-20-37(49)35-18-4-3-5-19-35)50-31-17-14-28-46(50)52(45-27-13-15-29-48(45)53)43-25-11-7-22-39(43)40-23-8-12-26-44(40)52/h3-34H,1-2H3. The van der Waals surface area contributed by atoms with E-state index >= 15 is 0 Å². The molecule has 0 N–H and O–H groups in total. The van der Waals surface area contributed by atoms with Crippen LogP contribution < -0.4 is 4.90 Å². The Morgan fingerprint density at radius 3 is 1.48 bits per heavy atom. The second kappa shape index (κ2) is 12.6. The summed E-state index contributed by atoms with van der Waals surface area (Å²) in [7, 11) is 0. The number of halogens is 1. The molecule has 0 bridgehead atoms. The molecule has 0 saturated carbocycles. The molecule has 0 amide bonds. The minimum atomic E-state index is -0.615. The molecule has 0 saturated heterocycles. The maximum Gasteiger partial charge on any atom is 0.0744 e. The van der Waals surface area contributed by atoms with Crippen LogP contribution in [0.15, 0.2) is 199 Å². The number of para-hydroxylation sites is 2. The number of hydrogen-bond acceptors (Lipinski definition) is 1. The third kappa shape index (κ3) is 4.70. The van der Waals surface area contributed by atoms with Gasteiger partial charge in [-0.15, -0.1) is 0 Å². The highest BCUT2D eigenvalue weighted by Gasteiger charge is 2.48. The number of nitrogens with zero attached hydrogens (tertiary/aromatic N) is 1. The van der Waals surface area contributed by atoms with Crippen LogP contribution in [0.1, 0.15) is 47.2 Å². The van der Waals surface area contributed by atoms with Crippen LogP contribution >= 0.6 is 15.9 Å². The smallest absolute Gasteiger partial charge is 0.0744 e. The molecule has 8 aromatic rings. The molecule has 2 aliphatic rings. The Morgan fingerprint density at radius 2 is 0.833 bits per heavy atom. The molecule has 0 fully saturated rings. The topological polar surface area (TPSA) is 3.24 Å². The average molecular weight is 757 g/mol. The maximum atomic E-state index is 4.08. The quantitative estimate of drug-likeness (QED) is 0.163. The van der Waals surface area contributed by atoms with Crippen LogP contribution in [0.3, 0.4) is 0 Å². The Morgan fingerprint density at radius 1 is 0.370 bits per heavy atom. The number of benzene rings is 8. The van der Waals surface area contributed by atoms with Crippen molar-refractivity contribution in [3.8, 4) is 33.4 Å². The Hall–Kier alpha value is -5.96. The van der Waals surface area contributed by atoms with E-state index in [1.807, 2.05) is 0 Å². The lowest BCUT2D eigenvalue weighted by molar-refractivity contribution is 0.660. The fourth-order valence-corrected chi connectivity index (χ4v) is 10.1. The summed E-state index contributed by atoms with van der Waals surface area (Å²) in [5.74, 6) is 0. The summed E-state index contributed by atoms with van der Waals surface area (Å²) in [6.07, 6.45) is 0. The number of hydrogen-bond donors (Lipinski definition) is 0. The Labute approximate surface area is 326 Å². The molecule has 0 aromatic heterocycles. The van der Waals surface area contributed by atoms with E-state index in [-0.39, 0.29) is 5.41 Å². The van der Waals surface area contributed by atoms with Crippen molar-refractivity contribution in [2.24, 2.45) is 0 Å². The van der Waals surface area contributed by atoms with Crippen molar-refractivity contribution >= 4 is 33.0 Å². The van der Waals surface area contributed by atoms with Gasteiger partial charge in [0.15, 0.2) is 0 Å². The lowest BCUT2D eigenvalue weighted by atomic mass is 9.67. The summed E-state index contributed by atoms with van der Waals surface area (Å²) < 4.78 is 1.08. The Balaban J connectivity index is 1.32. The van der Waals surface area contributed by atoms with Crippen molar-refractivity contribution in [1.29, 1.82) is 0 Å². The second-order valence-electron chi connectivity index (χ2n) is 15.0. The zero-order valence-electron chi connectivity index (χ0n) is 30.3. The monoisotopic (exact) mass is 755 g/mol. The van der Waals surface area contributed by atoms with E-state index in [9.17, 15) is 0 Å². The van der Waals surface area contributed by atoms with Gasteiger partial charge in [-0.25, -0.2) is 0 Å². The van der Waals surface area contributed by atoms with Gasteiger partial charge in [-0.2, -0.15) is 0 Å². The fourth-order valence-electron chi connectivity index (χ4n) is 9.48.